The number of hydrogen-bond acceptors (Lipinski definition) is 4. The molecular weight excluding hydrogens is 216 g/mol. The van der Waals surface area contributed by atoms with E-state index in [0.29, 0.717) is 25.3 Å². The highest BCUT2D eigenvalue weighted by molar-refractivity contribution is 5.57. The lowest BCUT2D eigenvalue weighted by atomic mass is 10.0. The highest BCUT2D eigenvalue weighted by Crippen LogP contribution is 2.35. The normalized spacial score (nSPS) is 15.1. The van der Waals surface area contributed by atoms with Crippen molar-refractivity contribution in [3.63, 3.8) is 0 Å². The Labute approximate surface area is 102 Å². The molecule has 0 saturated carbocycles. The highest BCUT2D eigenvalue weighted by Gasteiger charge is 2.20. The van der Waals surface area contributed by atoms with Gasteiger partial charge in [0.2, 0.25) is 6.79 Å². The number of ether oxygens (including phenoxy) is 2. The van der Waals surface area contributed by atoms with Crippen LogP contribution in [-0.4, -0.2) is 26.4 Å². The topological polar surface area (TPSA) is 47.7 Å². The first-order chi connectivity index (χ1) is 8.13. The van der Waals surface area contributed by atoms with Crippen molar-refractivity contribution in [1.82, 2.24) is 0 Å². The molecule has 17 heavy (non-hydrogen) atoms. The van der Waals surface area contributed by atoms with Crippen LogP contribution < -0.4 is 20.1 Å². The zero-order valence-electron chi connectivity index (χ0n) is 10.6. The van der Waals surface area contributed by atoms with Crippen LogP contribution in [0.5, 0.6) is 11.5 Å². The molecule has 0 bridgehead atoms. The quantitative estimate of drug-likeness (QED) is 0.866. The molecule has 1 aromatic rings. The second-order valence-corrected chi connectivity index (χ2v) is 4.70. The number of nitrogens with zero attached hydrogens (tertiary/aromatic N) is 1. The summed E-state index contributed by atoms with van der Waals surface area (Å²) >= 11 is 0. The third-order valence-corrected chi connectivity index (χ3v) is 3.27. The van der Waals surface area contributed by atoms with Gasteiger partial charge in [0.25, 0.3) is 0 Å². The molecule has 1 aliphatic heterocycles. The molecule has 2 N–H and O–H groups in total. The summed E-state index contributed by atoms with van der Waals surface area (Å²) in [5.74, 6) is 2.14. The molecule has 0 saturated heterocycles. The number of benzene rings is 1. The smallest absolute Gasteiger partial charge is 0.231 e. The number of nitrogens with two attached hydrogens (primary N) is 1. The Morgan fingerprint density at radius 3 is 2.65 bits per heavy atom. The summed E-state index contributed by atoms with van der Waals surface area (Å²) in [7, 11) is 2.06. The van der Waals surface area contributed by atoms with E-state index in [1.807, 2.05) is 18.2 Å². The monoisotopic (exact) mass is 236 g/mol. The maximum absolute atomic E-state index is 5.83. The zero-order chi connectivity index (χ0) is 12.4. The van der Waals surface area contributed by atoms with Gasteiger partial charge >= 0.3 is 0 Å². The summed E-state index contributed by atoms with van der Waals surface area (Å²) < 4.78 is 10.7. The summed E-state index contributed by atoms with van der Waals surface area (Å²) in [5, 5.41) is 0. The molecule has 1 aromatic carbocycles. The van der Waals surface area contributed by atoms with Gasteiger partial charge in [-0.15, -0.1) is 0 Å². The average Bonchev–Trinajstić information content (AvgIpc) is 2.75. The summed E-state index contributed by atoms with van der Waals surface area (Å²) in [6.45, 7) is 5.32. The minimum Gasteiger partial charge on any atom is -0.454 e. The fraction of sp³-hybridized carbons (Fsp3) is 0.538. The first kappa shape index (κ1) is 12.0. The molecular formula is C13H20N2O2. The van der Waals surface area contributed by atoms with Gasteiger partial charge in [0.1, 0.15) is 0 Å². The summed E-state index contributed by atoms with van der Waals surface area (Å²) in [6, 6.07) is 6.32. The number of likely N-dealkylation sites (N-methyl/N-ethyl adjacent to an activating group) is 1. The maximum Gasteiger partial charge on any atom is 0.231 e. The van der Waals surface area contributed by atoms with E-state index in [4.69, 9.17) is 15.2 Å². The van der Waals surface area contributed by atoms with Crippen LogP contribution in [0.3, 0.4) is 0 Å². The van der Waals surface area contributed by atoms with Gasteiger partial charge in [-0.05, 0) is 18.1 Å². The van der Waals surface area contributed by atoms with Gasteiger partial charge in [0.15, 0.2) is 11.5 Å². The van der Waals surface area contributed by atoms with Crippen molar-refractivity contribution in [2.45, 2.75) is 19.9 Å². The first-order valence-electron chi connectivity index (χ1n) is 5.96. The number of fused-ring (bicyclic) bond motifs is 1. The van der Waals surface area contributed by atoms with E-state index in [2.05, 4.69) is 25.8 Å². The predicted octanol–water partition coefficient (Wildman–Crippen LogP) is 1.83. The maximum atomic E-state index is 5.83. The molecule has 94 valence electrons. The predicted molar refractivity (Wildman–Crippen MR) is 68.6 cm³/mol. The van der Waals surface area contributed by atoms with Crippen molar-refractivity contribution in [2.24, 2.45) is 11.7 Å². The van der Waals surface area contributed by atoms with Crippen molar-refractivity contribution in [1.29, 1.82) is 0 Å². The Balaban J connectivity index is 2.21. The van der Waals surface area contributed by atoms with Crippen LogP contribution in [0, 0.1) is 5.92 Å². The number of anilines is 1. The third-order valence-electron chi connectivity index (χ3n) is 3.27. The molecule has 0 aliphatic carbocycles. The van der Waals surface area contributed by atoms with E-state index in [-0.39, 0.29) is 0 Å². The second kappa shape index (κ2) is 4.84. The summed E-state index contributed by atoms with van der Waals surface area (Å²) in [6.07, 6.45) is 0. The molecule has 2 rings (SSSR count). The van der Waals surface area contributed by atoms with Crippen molar-refractivity contribution in [3.05, 3.63) is 18.2 Å². The van der Waals surface area contributed by atoms with E-state index in [0.717, 1.165) is 17.2 Å². The molecule has 0 radical (unpaired) electrons. The largest absolute Gasteiger partial charge is 0.454 e. The van der Waals surface area contributed by atoms with Crippen LogP contribution in [-0.2, 0) is 0 Å². The lowest BCUT2D eigenvalue weighted by Gasteiger charge is -2.32. The van der Waals surface area contributed by atoms with Gasteiger partial charge in [0, 0.05) is 31.4 Å². The zero-order valence-corrected chi connectivity index (χ0v) is 10.6. The SMILES string of the molecule is CC(C)C(CN)N(C)c1ccc2c(c1)OCO2. The lowest BCUT2D eigenvalue weighted by molar-refractivity contribution is 0.174. The molecule has 0 spiro atoms. The Morgan fingerprint density at radius 2 is 2.00 bits per heavy atom. The molecule has 1 heterocycles. The van der Waals surface area contributed by atoms with E-state index in [1.54, 1.807) is 0 Å². The second-order valence-electron chi connectivity index (χ2n) is 4.70. The van der Waals surface area contributed by atoms with Gasteiger partial charge in [-0.25, -0.2) is 0 Å². The van der Waals surface area contributed by atoms with E-state index >= 15 is 0 Å². The van der Waals surface area contributed by atoms with Crippen molar-refractivity contribution < 1.29 is 9.47 Å². The van der Waals surface area contributed by atoms with E-state index in [9.17, 15) is 0 Å². The van der Waals surface area contributed by atoms with E-state index in [1.165, 1.54) is 0 Å². The van der Waals surface area contributed by atoms with Gasteiger partial charge in [0.05, 0.1) is 0 Å². The third kappa shape index (κ3) is 2.31. The fourth-order valence-corrected chi connectivity index (χ4v) is 2.17. The van der Waals surface area contributed by atoms with Crippen molar-refractivity contribution in [3.8, 4) is 11.5 Å². The van der Waals surface area contributed by atoms with Gasteiger partial charge in [-0.2, -0.15) is 0 Å². The molecule has 4 nitrogen and oxygen atoms in total. The van der Waals surface area contributed by atoms with Crippen LogP contribution in [0.2, 0.25) is 0 Å². The Kier molecular flexibility index (Phi) is 3.43. The number of rotatable bonds is 4. The molecule has 1 unspecified atom stereocenters. The average molecular weight is 236 g/mol. The van der Waals surface area contributed by atoms with Gasteiger partial charge in [-0.1, -0.05) is 13.8 Å². The molecule has 0 fully saturated rings. The highest BCUT2D eigenvalue weighted by atomic mass is 16.7. The minimum atomic E-state index is 0.312. The molecule has 4 heteroatoms. The van der Waals surface area contributed by atoms with Crippen LogP contribution in [0.25, 0.3) is 0 Å². The standard InChI is InChI=1S/C13H20N2O2/c1-9(2)11(7-14)15(3)10-4-5-12-13(6-10)17-8-16-12/h4-6,9,11H,7-8,14H2,1-3H3. The Bertz CT molecular complexity index is 393. The van der Waals surface area contributed by atoms with Gasteiger partial charge in [-0.3, -0.25) is 0 Å². The molecule has 1 aliphatic rings. The minimum absolute atomic E-state index is 0.312. The molecule has 1 atom stereocenters. The van der Waals surface area contributed by atoms with Gasteiger partial charge < -0.3 is 20.1 Å². The van der Waals surface area contributed by atoms with Crippen LogP contribution in [0.4, 0.5) is 5.69 Å². The lowest BCUT2D eigenvalue weighted by Crippen LogP contribution is -2.41. The number of hydrogen-bond donors (Lipinski definition) is 1. The summed E-state index contributed by atoms with van der Waals surface area (Å²) in [5.41, 5.74) is 6.94. The van der Waals surface area contributed by atoms with Crippen LogP contribution >= 0.6 is 0 Å². The fourth-order valence-electron chi connectivity index (χ4n) is 2.17. The van der Waals surface area contributed by atoms with Crippen molar-refractivity contribution >= 4 is 5.69 Å². The van der Waals surface area contributed by atoms with E-state index < -0.39 is 0 Å². The molecule has 0 aromatic heterocycles. The summed E-state index contributed by atoms with van der Waals surface area (Å²) in [4.78, 5) is 2.20. The van der Waals surface area contributed by atoms with Crippen LogP contribution in [0.1, 0.15) is 13.8 Å². The Hall–Kier alpha value is -1.42. The molecule has 0 amide bonds. The van der Waals surface area contributed by atoms with Crippen LogP contribution in [0.15, 0.2) is 18.2 Å². The Morgan fingerprint density at radius 1 is 1.29 bits per heavy atom. The first-order valence-corrected chi connectivity index (χ1v) is 5.96. The van der Waals surface area contributed by atoms with Crippen molar-refractivity contribution in [2.75, 3.05) is 25.3 Å².